The lowest BCUT2D eigenvalue weighted by Gasteiger charge is -2.46. The molecule has 0 bridgehead atoms. The van der Waals surface area contributed by atoms with E-state index in [4.69, 9.17) is 0 Å². The van der Waals surface area contributed by atoms with Gasteiger partial charge in [0.1, 0.15) is 0 Å². The number of alkyl halides is 3. The van der Waals surface area contributed by atoms with Crippen molar-refractivity contribution in [1.82, 2.24) is 10.6 Å². The van der Waals surface area contributed by atoms with Gasteiger partial charge in [0.2, 0.25) is 0 Å². The summed E-state index contributed by atoms with van der Waals surface area (Å²) in [4.78, 5) is 12.3. The molecule has 1 aromatic carbocycles. The number of halogens is 3. The Labute approximate surface area is 134 Å². The van der Waals surface area contributed by atoms with Crippen LogP contribution >= 0.6 is 0 Å². The smallest absolute Gasteiger partial charge is 0.349 e. The van der Waals surface area contributed by atoms with E-state index in [-0.39, 0.29) is 28.6 Å². The lowest BCUT2D eigenvalue weighted by Crippen LogP contribution is -2.62. The standard InChI is InChI=1S/C17H23F3N2O/c1-15(2)9-13(10-16(3,4)22-15)21-14(23)11-5-7-12(8-6-11)17(18,19)20/h5-8,13,22H,9-10H2,1-4H3,(H,21,23). The van der Waals surface area contributed by atoms with Crippen LogP contribution in [-0.4, -0.2) is 23.0 Å². The zero-order valence-corrected chi connectivity index (χ0v) is 13.8. The second-order valence-corrected chi connectivity index (χ2v) is 7.55. The van der Waals surface area contributed by atoms with E-state index in [2.05, 4.69) is 38.3 Å². The molecular formula is C17H23F3N2O. The highest BCUT2D eigenvalue weighted by atomic mass is 19.4. The number of amides is 1. The van der Waals surface area contributed by atoms with Crippen molar-refractivity contribution in [1.29, 1.82) is 0 Å². The van der Waals surface area contributed by atoms with Gasteiger partial charge in [0.05, 0.1) is 5.56 Å². The van der Waals surface area contributed by atoms with Crippen molar-refractivity contribution >= 4 is 5.91 Å². The number of benzene rings is 1. The van der Waals surface area contributed by atoms with Crippen LogP contribution in [0.15, 0.2) is 24.3 Å². The second kappa shape index (κ2) is 5.82. The summed E-state index contributed by atoms with van der Waals surface area (Å²) in [6.45, 7) is 8.30. The Kier molecular flexibility index (Phi) is 4.50. The Morgan fingerprint density at radius 2 is 1.57 bits per heavy atom. The largest absolute Gasteiger partial charge is 0.416 e. The summed E-state index contributed by atoms with van der Waals surface area (Å²) in [5, 5.41) is 6.47. The summed E-state index contributed by atoms with van der Waals surface area (Å²) in [5.74, 6) is -0.336. The van der Waals surface area contributed by atoms with Gasteiger partial charge in [0.15, 0.2) is 0 Å². The van der Waals surface area contributed by atoms with Crippen molar-refractivity contribution in [2.24, 2.45) is 0 Å². The molecule has 128 valence electrons. The minimum atomic E-state index is -4.39. The average molecular weight is 328 g/mol. The maximum absolute atomic E-state index is 12.6. The zero-order valence-electron chi connectivity index (χ0n) is 13.8. The van der Waals surface area contributed by atoms with Crippen molar-refractivity contribution in [3.05, 3.63) is 35.4 Å². The summed E-state index contributed by atoms with van der Waals surface area (Å²) in [5.41, 5.74) is -0.731. The Morgan fingerprint density at radius 1 is 1.09 bits per heavy atom. The highest BCUT2D eigenvalue weighted by Crippen LogP contribution is 2.30. The molecule has 23 heavy (non-hydrogen) atoms. The lowest BCUT2D eigenvalue weighted by atomic mass is 9.79. The van der Waals surface area contributed by atoms with Crippen LogP contribution in [0.3, 0.4) is 0 Å². The maximum atomic E-state index is 12.6. The number of hydrogen-bond acceptors (Lipinski definition) is 2. The molecule has 0 atom stereocenters. The molecule has 1 aliphatic heterocycles. The van der Waals surface area contributed by atoms with Crippen LogP contribution in [0.1, 0.15) is 56.5 Å². The van der Waals surface area contributed by atoms with Gasteiger partial charge < -0.3 is 10.6 Å². The molecule has 2 rings (SSSR count). The lowest BCUT2D eigenvalue weighted by molar-refractivity contribution is -0.137. The number of hydrogen-bond donors (Lipinski definition) is 2. The summed E-state index contributed by atoms with van der Waals surface area (Å²) in [7, 11) is 0. The van der Waals surface area contributed by atoms with Gasteiger partial charge in [-0.3, -0.25) is 4.79 Å². The summed E-state index contributed by atoms with van der Waals surface area (Å²) >= 11 is 0. The SMILES string of the molecule is CC1(C)CC(NC(=O)c2ccc(C(F)(F)F)cc2)CC(C)(C)N1. The molecule has 1 heterocycles. The number of carbonyl (C=O) groups excluding carboxylic acids is 1. The van der Waals surface area contributed by atoms with E-state index in [1.165, 1.54) is 12.1 Å². The molecule has 1 fully saturated rings. The van der Waals surface area contributed by atoms with Gasteiger partial charge in [-0.05, 0) is 64.8 Å². The first-order valence-electron chi connectivity index (χ1n) is 7.65. The van der Waals surface area contributed by atoms with E-state index in [1.807, 2.05) is 0 Å². The van der Waals surface area contributed by atoms with Gasteiger partial charge in [0, 0.05) is 22.7 Å². The summed E-state index contributed by atoms with van der Waals surface area (Å²) < 4.78 is 37.7. The fourth-order valence-corrected chi connectivity index (χ4v) is 3.50. The molecule has 1 aliphatic rings. The fourth-order valence-electron chi connectivity index (χ4n) is 3.50. The quantitative estimate of drug-likeness (QED) is 0.868. The van der Waals surface area contributed by atoms with Crippen molar-refractivity contribution in [3.63, 3.8) is 0 Å². The van der Waals surface area contributed by atoms with Crippen molar-refractivity contribution in [3.8, 4) is 0 Å². The van der Waals surface area contributed by atoms with Crippen LogP contribution < -0.4 is 10.6 Å². The summed E-state index contributed by atoms with van der Waals surface area (Å²) in [6, 6.07) is 4.29. The van der Waals surface area contributed by atoms with Crippen molar-refractivity contribution in [2.75, 3.05) is 0 Å². The van der Waals surface area contributed by atoms with Gasteiger partial charge in [0.25, 0.3) is 5.91 Å². The Bertz CT molecular complexity index is 560. The molecular weight excluding hydrogens is 305 g/mol. The van der Waals surface area contributed by atoms with Crippen LogP contribution in [0.25, 0.3) is 0 Å². The Balaban J connectivity index is 2.07. The molecule has 2 N–H and O–H groups in total. The van der Waals surface area contributed by atoms with E-state index in [0.29, 0.717) is 0 Å². The number of piperidine rings is 1. The van der Waals surface area contributed by atoms with E-state index < -0.39 is 11.7 Å². The molecule has 0 spiro atoms. The first-order chi connectivity index (χ1) is 10.4. The van der Waals surface area contributed by atoms with Gasteiger partial charge in [-0.25, -0.2) is 0 Å². The molecule has 0 saturated carbocycles. The van der Waals surface area contributed by atoms with Crippen LogP contribution in [0.4, 0.5) is 13.2 Å². The fraction of sp³-hybridized carbons (Fsp3) is 0.588. The Morgan fingerprint density at radius 3 is 2.00 bits per heavy atom. The van der Waals surface area contributed by atoms with Gasteiger partial charge >= 0.3 is 6.18 Å². The molecule has 1 saturated heterocycles. The normalized spacial score (nSPS) is 21.0. The number of carbonyl (C=O) groups is 1. The Hall–Kier alpha value is -1.56. The molecule has 0 aliphatic carbocycles. The number of nitrogens with one attached hydrogen (secondary N) is 2. The van der Waals surface area contributed by atoms with Crippen LogP contribution in [0, 0.1) is 0 Å². The van der Waals surface area contributed by atoms with Crippen molar-refractivity contribution < 1.29 is 18.0 Å². The predicted octanol–water partition coefficient (Wildman–Crippen LogP) is 3.74. The molecule has 6 heteroatoms. The van der Waals surface area contributed by atoms with Crippen LogP contribution in [0.2, 0.25) is 0 Å². The number of rotatable bonds is 2. The first-order valence-corrected chi connectivity index (χ1v) is 7.65. The van der Waals surface area contributed by atoms with Gasteiger partial charge in [-0.1, -0.05) is 0 Å². The second-order valence-electron chi connectivity index (χ2n) is 7.55. The molecule has 0 aromatic heterocycles. The minimum absolute atomic E-state index is 0.0176. The predicted molar refractivity (Wildman–Crippen MR) is 83.2 cm³/mol. The zero-order chi connectivity index (χ0) is 17.5. The topological polar surface area (TPSA) is 41.1 Å². The molecule has 3 nitrogen and oxygen atoms in total. The monoisotopic (exact) mass is 328 g/mol. The van der Waals surface area contributed by atoms with Gasteiger partial charge in [-0.15, -0.1) is 0 Å². The third kappa shape index (κ3) is 4.70. The van der Waals surface area contributed by atoms with E-state index in [9.17, 15) is 18.0 Å². The van der Waals surface area contributed by atoms with E-state index >= 15 is 0 Å². The highest BCUT2D eigenvalue weighted by Gasteiger charge is 2.38. The van der Waals surface area contributed by atoms with E-state index in [1.54, 1.807) is 0 Å². The molecule has 0 unspecified atom stereocenters. The van der Waals surface area contributed by atoms with Gasteiger partial charge in [-0.2, -0.15) is 13.2 Å². The van der Waals surface area contributed by atoms with E-state index in [0.717, 1.165) is 25.0 Å². The average Bonchev–Trinajstić information content (AvgIpc) is 2.33. The van der Waals surface area contributed by atoms with Crippen LogP contribution in [-0.2, 0) is 6.18 Å². The molecule has 1 amide bonds. The van der Waals surface area contributed by atoms with Crippen LogP contribution in [0.5, 0.6) is 0 Å². The first kappa shape index (κ1) is 17.8. The minimum Gasteiger partial charge on any atom is -0.349 e. The molecule has 1 aromatic rings. The highest BCUT2D eigenvalue weighted by molar-refractivity contribution is 5.94. The summed E-state index contributed by atoms with van der Waals surface area (Å²) in [6.07, 6.45) is -2.86. The third-order valence-corrected chi connectivity index (χ3v) is 4.00. The third-order valence-electron chi connectivity index (χ3n) is 4.00. The van der Waals surface area contributed by atoms with Crippen molar-refractivity contribution in [2.45, 2.75) is 63.8 Å². The maximum Gasteiger partial charge on any atom is 0.416 e. The molecule has 0 radical (unpaired) electrons.